The van der Waals surface area contributed by atoms with E-state index in [4.69, 9.17) is 5.73 Å². The van der Waals surface area contributed by atoms with Crippen LogP contribution in [0.3, 0.4) is 0 Å². The first kappa shape index (κ1) is 15.1. The molecule has 0 saturated heterocycles. The van der Waals surface area contributed by atoms with Crippen LogP contribution in [-0.4, -0.2) is 32.9 Å². The number of rotatable bonds is 4. The Bertz CT molecular complexity index is 584. The van der Waals surface area contributed by atoms with Gasteiger partial charge >= 0.3 is 0 Å². The fourth-order valence-electron chi connectivity index (χ4n) is 2.60. The van der Waals surface area contributed by atoms with E-state index >= 15 is 0 Å². The molecule has 0 bridgehead atoms. The van der Waals surface area contributed by atoms with Crippen molar-refractivity contribution in [2.75, 3.05) is 25.1 Å². The normalized spacial score (nSPS) is 23.2. The molecule has 0 radical (unpaired) electrons. The molecule has 1 aliphatic rings. The SMILES string of the molecule is CC1CCC(Nc2ccc(S(=O)(=O)N(C)C)cc2N)C1. The van der Waals surface area contributed by atoms with Crippen molar-refractivity contribution in [1.29, 1.82) is 0 Å². The highest BCUT2D eigenvalue weighted by atomic mass is 32.2. The van der Waals surface area contributed by atoms with Gasteiger partial charge in [0.2, 0.25) is 10.0 Å². The number of anilines is 2. The molecule has 1 fully saturated rings. The zero-order valence-corrected chi connectivity index (χ0v) is 13.1. The van der Waals surface area contributed by atoms with Crippen molar-refractivity contribution in [2.45, 2.75) is 37.1 Å². The Kier molecular flexibility index (Phi) is 4.25. The minimum atomic E-state index is -3.43. The fraction of sp³-hybridized carbons (Fsp3) is 0.571. The monoisotopic (exact) mass is 297 g/mol. The lowest BCUT2D eigenvalue weighted by molar-refractivity contribution is 0.521. The maximum absolute atomic E-state index is 12.0. The van der Waals surface area contributed by atoms with Crippen LogP contribution in [0.15, 0.2) is 23.1 Å². The van der Waals surface area contributed by atoms with Gasteiger partial charge in [-0.15, -0.1) is 0 Å². The molecule has 112 valence electrons. The van der Waals surface area contributed by atoms with E-state index < -0.39 is 10.0 Å². The molecule has 0 aliphatic heterocycles. The quantitative estimate of drug-likeness (QED) is 0.835. The summed E-state index contributed by atoms with van der Waals surface area (Å²) in [5, 5.41) is 3.41. The highest BCUT2D eigenvalue weighted by Gasteiger charge is 2.22. The van der Waals surface area contributed by atoms with Gasteiger partial charge in [-0.05, 0) is 43.4 Å². The molecule has 20 heavy (non-hydrogen) atoms. The molecule has 1 saturated carbocycles. The Morgan fingerprint density at radius 3 is 2.50 bits per heavy atom. The molecular weight excluding hydrogens is 274 g/mol. The molecule has 2 unspecified atom stereocenters. The van der Waals surface area contributed by atoms with E-state index in [0.29, 0.717) is 11.7 Å². The lowest BCUT2D eigenvalue weighted by Crippen LogP contribution is -2.22. The van der Waals surface area contributed by atoms with Crippen molar-refractivity contribution in [3.8, 4) is 0 Å². The summed E-state index contributed by atoms with van der Waals surface area (Å²) in [7, 11) is -0.404. The first-order valence-corrected chi connectivity index (χ1v) is 8.33. The van der Waals surface area contributed by atoms with Crippen LogP contribution in [0.5, 0.6) is 0 Å². The zero-order chi connectivity index (χ0) is 14.9. The second kappa shape index (κ2) is 5.61. The van der Waals surface area contributed by atoms with E-state index in [0.717, 1.165) is 24.4 Å². The van der Waals surface area contributed by atoms with Crippen LogP contribution in [0.4, 0.5) is 11.4 Å². The number of benzene rings is 1. The lowest BCUT2D eigenvalue weighted by Gasteiger charge is -2.17. The summed E-state index contributed by atoms with van der Waals surface area (Å²) in [6, 6.07) is 5.32. The topological polar surface area (TPSA) is 75.4 Å². The van der Waals surface area contributed by atoms with Crippen LogP contribution in [-0.2, 0) is 10.0 Å². The van der Waals surface area contributed by atoms with Gasteiger partial charge < -0.3 is 11.1 Å². The number of nitrogens with two attached hydrogens (primary N) is 1. The Morgan fingerprint density at radius 1 is 1.30 bits per heavy atom. The number of nitrogens with zero attached hydrogens (tertiary/aromatic N) is 1. The zero-order valence-electron chi connectivity index (χ0n) is 12.3. The molecule has 3 N–H and O–H groups in total. The van der Waals surface area contributed by atoms with Crippen LogP contribution in [0, 0.1) is 5.92 Å². The van der Waals surface area contributed by atoms with Gasteiger partial charge in [0.25, 0.3) is 0 Å². The van der Waals surface area contributed by atoms with E-state index in [-0.39, 0.29) is 4.90 Å². The maximum Gasteiger partial charge on any atom is 0.242 e. The Morgan fingerprint density at radius 2 is 2.00 bits per heavy atom. The molecule has 0 heterocycles. The van der Waals surface area contributed by atoms with Gasteiger partial charge in [0.05, 0.1) is 16.3 Å². The fourth-order valence-corrected chi connectivity index (χ4v) is 3.54. The van der Waals surface area contributed by atoms with Gasteiger partial charge in [0.15, 0.2) is 0 Å². The van der Waals surface area contributed by atoms with Crippen LogP contribution in [0.25, 0.3) is 0 Å². The van der Waals surface area contributed by atoms with E-state index in [9.17, 15) is 8.42 Å². The van der Waals surface area contributed by atoms with Crippen molar-refractivity contribution in [2.24, 2.45) is 5.92 Å². The van der Waals surface area contributed by atoms with E-state index in [2.05, 4.69) is 12.2 Å². The van der Waals surface area contributed by atoms with Crippen LogP contribution in [0.1, 0.15) is 26.2 Å². The Hall–Kier alpha value is -1.27. The summed E-state index contributed by atoms with van der Waals surface area (Å²) in [6.45, 7) is 2.25. The van der Waals surface area contributed by atoms with Crippen LogP contribution < -0.4 is 11.1 Å². The van der Waals surface area contributed by atoms with Crippen LogP contribution >= 0.6 is 0 Å². The maximum atomic E-state index is 12.0. The Balaban J connectivity index is 2.18. The largest absolute Gasteiger partial charge is 0.397 e. The molecule has 6 heteroatoms. The number of sulfonamides is 1. The average Bonchev–Trinajstić information content (AvgIpc) is 2.77. The van der Waals surface area contributed by atoms with E-state index in [1.165, 1.54) is 30.9 Å². The second-order valence-electron chi connectivity index (χ2n) is 5.80. The number of hydrogen-bond acceptors (Lipinski definition) is 4. The second-order valence-corrected chi connectivity index (χ2v) is 7.95. The summed E-state index contributed by atoms with van der Waals surface area (Å²) < 4.78 is 25.3. The van der Waals surface area contributed by atoms with Gasteiger partial charge in [-0.2, -0.15) is 0 Å². The smallest absolute Gasteiger partial charge is 0.242 e. The molecule has 5 nitrogen and oxygen atoms in total. The highest BCUT2D eigenvalue weighted by Crippen LogP contribution is 2.30. The predicted molar refractivity (Wildman–Crippen MR) is 82.2 cm³/mol. The third-order valence-corrected chi connectivity index (χ3v) is 5.67. The third-order valence-electron chi connectivity index (χ3n) is 3.86. The lowest BCUT2D eigenvalue weighted by atomic mass is 10.1. The standard InChI is InChI=1S/C14H23N3O2S/c1-10-4-5-11(8-10)16-14-7-6-12(9-13(14)15)20(18,19)17(2)3/h6-7,9-11,16H,4-5,8,15H2,1-3H3. The van der Waals surface area contributed by atoms with Crippen molar-refractivity contribution < 1.29 is 8.42 Å². The Labute approximate surface area is 121 Å². The summed E-state index contributed by atoms with van der Waals surface area (Å²) >= 11 is 0. The van der Waals surface area contributed by atoms with Crippen molar-refractivity contribution in [1.82, 2.24) is 4.31 Å². The van der Waals surface area contributed by atoms with Gasteiger partial charge in [-0.25, -0.2) is 12.7 Å². The van der Waals surface area contributed by atoms with Gasteiger partial charge in [-0.1, -0.05) is 6.92 Å². The summed E-state index contributed by atoms with van der Waals surface area (Å²) in [6.07, 6.45) is 3.50. The molecule has 1 aromatic carbocycles. The molecular formula is C14H23N3O2S. The van der Waals surface area contributed by atoms with Crippen LogP contribution in [0.2, 0.25) is 0 Å². The summed E-state index contributed by atoms with van der Waals surface area (Å²) in [5.41, 5.74) is 7.29. The molecule has 1 aliphatic carbocycles. The van der Waals surface area contributed by atoms with E-state index in [1.54, 1.807) is 12.1 Å². The first-order chi connectivity index (χ1) is 9.30. The van der Waals surface area contributed by atoms with Gasteiger partial charge in [0.1, 0.15) is 0 Å². The molecule has 2 rings (SSSR count). The summed E-state index contributed by atoms with van der Waals surface area (Å²) in [4.78, 5) is 0.227. The van der Waals surface area contributed by atoms with Crippen molar-refractivity contribution in [3.63, 3.8) is 0 Å². The number of hydrogen-bond donors (Lipinski definition) is 2. The highest BCUT2D eigenvalue weighted by molar-refractivity contribution is 7.89. The minimum Gasteiger partial charge on any atom is -0.397 e. The predicted octanol–water partition coefficient (Wildman–Crippen LogP) is 2.12. The van der Waals surface area contributed by atoms with Crippen molar-refractivity contribution in [3.05, 3.63) is 18.2 Å². The van der Waals surface area contributed by atoms with E-state index in [1.807, 2.05) is 0 Å². The minimum absolute atomic E-state index is 0.227. The molecule has 0 amide bonds. The van der Waals surface area contributed by atoms with Gasteiger partial charge in [-0.3, -0.25) is 0 Å². The van der Waals surface area contributed by atoms with Gasteiger partial charge in [0, 0.05) is 20.1 Å². The molecule has 1 aromatic rings. The molecule has 2 atom stereocenters. The third kappa shape index (κ3) is 3.07. The first-order valence-electron chi connectivity index (χ1n) is 6.89. The average molecular weight is 297 g/mol. The number of nitrogens with one attached hydrogen (secondary N) is 1. The molecule has 0 aromatic heterocycles. The number of nitrogen functional groups attached to an aromatic ring is 1. The van der Waals surface area contributed by atoms with Crippen molar-refractivity contribution >= 4 is 21.4 Å². The molecule has 0 spiro atoms. The summed E-state index contributed by atoms with van der Waals surface area (Å²) in [5.74, 6) is 0.738.